The van der Waals surface area contributed by atoms with Crippen LogP contribution in [0.3, 0.4) is 0 Å². The van der Waals surface area contributed by atoms with E-state index in [9.17, 15) is 9.59 Å². The van der Waals surface area contributed by atoms with Gasteiger partial charge in [0.2, 0.25) is 0 Å². The van der Waals surface area contributed by atoms with E-state index < -0.39 is 24.6 Å². The molecule has 0 aliphatic rings. The number of carbonyl (C=O) groups excluding carboxylic acids is 1. The van der Waals surface area contributed by atoms with E-state index in [0.717, 1.165) is 0 Å². The third-order valence-corrected chi connectivity index (χ3v) is 2.02. The number of rotatable bonds is 5. The van der Waals surface area contributed by atoms with Crippen molar-refractivity contribution >= 4 is 18.2 Å². The number of nitrogens with zero attached hydrogens (tertiary/aromatic N) is 1. The molecule has 0 heterocycles. The van der Waals surface area contributed by atoms with Crippen LogP contribution in [0.15, 0.2) is 29.3 Å². The lowest BCUT2D eigenvalue weighted by Crippen LogP contribution is -2.22. The third kappa shape index (κ3) is 3.99. The largest absolute Gasteiger partial charge is 0.480 e. The number of hydrogen-bond donors (Lipinski definition) is 2. The molecule has 1 atom stereocenters. The number of carbonyl (C=O) groups is 2. The molecule has 0 saturated carbocycles. The van der Waals surface area contributed by atoms with Crippen molar-refractivity contribution in [2.45, 2.75) is 13.0 Å². The Morgan fingerprint density at radius 2 is 2.11 bits per heavy atom. The van der Waals surface area contributed by atoms with Gasteiger partial charge < -0.3 is 14.9 Å². The van der Waals surface area contributed by atoms with Crippen LogP contribution in [-0.2, 0) is 9.59 Å². The van der Waals surface area contributed by atoms with Crippen LogP contribution in [0.1, 0.15) is 12.5 Å². The van der Waals surface area contributed by atoms with Crippen LogP contribution >= 0.6 is 0 Å². The first-order valence-electron chi connectivity index (χ1n) is 5.19. The number of aliphatic hydroxyl groups excluding tert-OH is 1. The number of aliphatic carboxylic acids is 1. The molecule has 0 radical (unpaired) electrons. The summed E-state index contributed by atoms with van der Waals surface area (Å²) in [6.45, 7) is 0.670. The van der Waals surface area contributed by atoms with Crippen molar-refractivity contribution in [2.75, 3.05) is 6.61 Å². The summed E-state index contributed by atoms with van der Waals surface area (Å²) in [7, 11) is 0. The Morgan fingerprint density at radius 1 is 1.44 bits per heavy atom. The van der Waals surface area contributed by atoms with Gasteiger partial charge in [0, 0.05) is 18.7 Å². The second kappa shape index (κ2) is 6.51. The highest BCUT2D eigenvalue weighted by Crippen LogP contribution is 2.16. The number of para-hydroxylation sites is 1. The quantitative estimate of drug-likeness (QED) is 0.450. The van der Waals surface area contributed by atoms with Crippen LogP contribution in [-0.4, -0.2) is 41.0 Å². The fourth-order valence-corrected chi connectivity index (χ4v) is 1.19. The van der Waals surface area contributed by atoms with Crippen LogP contribution in [0.5, 0.6) is 5.75 Å². The zero-order valence-electron chi connectivity index (χ0n) is 9.74. The summed E-state index contributed by atoms with van der Waals surface area (Å²) in [4.78, 5) is 25.2. The third-order valence-electron chi connectivity index (χ3n) is 2.02. The maximum Gasteiger partial charge on any atom is 0.330 e. The van der Waals surface area contributed by atoms with Crippen molar-refractivity contribution in [1.29, 1.82) is 0 Å². The molecule has 0 amide bonds. The minimum absolute atomic E-state index is 0.288. The summed E-state index contributed by atoms with van der Waals surface area (Å²) in [6, 6.07) is 5.34. The minimum Gasteiger partial charge on any atom is -0.480 e. The van der Waals surface area contributed by atoms with Gasteiger partial charge in [-0.25, -0.2) is 4.79 Å². The van der Waals surface area contributed by atoms with Gasteiger partial charge >= 0.3 is 11.9 Å². The monoisotopic (exact) mass is 251 g/mol. The SMILES string of the molecule is CC(=O)Oc1ccccc1C=N[C@@H](CO)C(=O)O. The average Bonchev–Trinajstić information content (AvgIpc) is 2.30. The lowest BCUT2D eigenvalue weighted by atomic mass is 10.2. The van der Waals surface area contributed by atoms with Crippen molar-refractivity contribution in [2.24, 2.45) is 4.99 Å². The summed E-state index contributed by atoms with van der Waals surface area (Å²) in [5.41, 5.74) is 0.465. The standard InChI is InChI=1S/C12H13NO5/c1-8(15)18-11-5-3-2-4-9(11)6-13-10(7-14)12(16)17/h2-6,10,14H,7H2,1H3,(H,16,17)/t10-/m0/s1. The Bertz CT molecular complexity index is 469. The maximum atomic E-state index is 10.9. The zero-order chi connectivity index (χ0) is 13.5. The topological polar surface area (TPSA) is 96.2 Å². The summed E-state index contributed by atoms with van der Waals surface area (Å²) < 4.78 is 4.93. The first-order chi connectivity index (χ1) is 8.54. The molecule has 0 unspecified atom stereocenters. The number of carboxylic acid groups (broad SMARTS) is 1. The van der Waals surface area contributed by atoms with Gasteiger partial charge in [-0.05, 0) is 12.1 Å². The first-order valence-corrected chi connectivity index (χ1v) is 5.19. The molecule has 1 rings (SSSR count). The fourth-order valence-electron chi connectivity index (χ4n) is 1.19. The van der Waals surface area contributed by atoms with Gasteiger partial charge in [-0.15, -0.1) is 0 Å². The Balaban J connectivity index is 2.92. The summed E-state index contributed by atoms with van der Waals surface area (Å²) in [6.07, 6.45) is 1.26. The van der Waals surface area contributed by atoms with Crippen molar-refractivity contribution in [3.63, 3.8) is 0 Å². The van der Waals surface area contributed by atoms with E-state index in [-0.39, 0.29) is 5.75 Å². The Hall–Kier alpha value is -2.21. The summed E-state index contributed by atoms with van der Waals surface area (Å²) >= 11 is 0. The highest BCUT2D eigenvalue weighted by atomic mass is 16.5. The molecule has 2 N–H and O–H groups in total. The normalized spacial score (nSPS) is 12.3. The summed E-state index contributed by atoms with van der Waals surface area (Å²) in [5, 5.41) is 17.5. The number of carboxylic acids is 1. The minimum atomic E-state index is -1.23. The molecule has 0 spiro atoms. The van der Waals surface area contributed by atoms with E-state index in [1.54, 1.807) is 24.3 Å². The molecule has 0 saturated heterocycles. The van der Waals surface area contributed by atoms with E-state index in [0.29, 0.717) is 5.56 Å². The van der Waals surface area contributed by atoms with Gasteiger partial charge in [0.1, 0.15) is 5.75 Å². The molecule has 0 fully saturated rings. The molecular formula is C12H13NO5. The van der Waals surface area contributed by atoms with Crippen LogP contribution in [0, 0.1) is 0 Å². The number of esters is 1. The van der Waals surface area contributed by atoms with E-state index in [2.05, 4.69) is 4.99 Å². The highest BCUT2D eigenvalue weighted by molar-refractivity contribution is 5.87. The van der Waals surface area contributed by atoms with E-state index in [4.69, 9.17) is 14.9 Å². The van der Waals surface area contributed by atoms with Crippen molar-refractivity contribution < 1.29 is 24.5 Å². The van der Waals surface area contributed by atoms with Crippen molar-refractivity contribution in [1.82, 2.24) is 0 Å². The van der Waals surface area contributed by atoms with Crippen LogP contribution in [0.4, 0.5) is 0 Å². The first kappa shape index (κ1) is 13.9. The lowest BCUT2D eigenvalue weighted by Gasteiger charge is -2.06. The lowest BCUT2D eigenvalue weighted by molar-refractivity contribution is -0.139. The number of hydrogen-bond acceptors (Lipinski definition) is 5. The molecule has 18 heavy (non-hydrogen) atoms. The van der Waals surface area contributed by atoms with Crippen LogP contribution in [0.25, 0.3) is 0 Å². The van der Waals surface area contributed by atoms with Crippen molar-refractivity contribution in [3.8, 4) is 5.75 Å². The molecule has 1 aromatic rings. The molecule has 0 aliphatic carbocycles. The second-order valence-electron chi connectivity index (χ2n) is 3.45. The Labute approximate surface area is 104 Å². The van der Waals surface area contributed by atoms with Gasteiger partial charge in [0.15, 0.2) is 6.04 Å². The van der Waals surface area contributed by atoms with E-state index >= 15 is 0 Å². The molecule has 96 valence electrons. The molecule has 0 aromatic heterocycles. The van der Waals surface area contributed by atoms with E-state index in [1.807, 2.05) is 0 Å². The number of aliphatic imine (C=N–C) groups is 1. The van der Waals surface area contributed by atoms with Gasteiger partial charge in [0.25, 0.3) is 0 Å². The zero-order valence-corrected chi connectivity index (χ0v) is 9.74. The highest BCUT2D eigenvalue weighted by Gasteiger charge is 2.13. The predicted molar refractivity (Wildman–Crippen MR) is 63.9 cm³/mol. The second-order valence-corrected chi connectivity index (χ2v) is 3.45. The van der Waals surface area contributed by atoms with Gasteiger partial charge in [-0.2, -0.15) is 0 Å². The fraction of sp³-hybridized carbons (Fsp3) is 0.250. The average molecular weight is 251 g/mol. The summed E-state index contributed by atoms with van der Waals surface area (Å²) in [5.74, 6) is -1.41. The predicted octanol–water partition coefficient (Wildman–Crippen LogP) is 0.476. The maximum absolute atomic E-state index is 10.9. The number of aliphatic hydroxyl groups is 1. The van der Waals surface area contributed by atoms with Crippen LogP contribution < -0.4 is 4.74 Å². The number of benzene rings is 1. The van der Waals surface area contributed by atoms with Crippen molar-refractivity contribution in [3.05, 3.63) is 29.8 Å². The smallest absolute Gasteiger partial charge is 0.330 e. The molecule has 0 bridgehead atoms. The molecule has 6 nitrogen and oxygen atoms in total. The Kier molecular flexibility index (Phi) is 5.01. The number of ether oxygens (including phenoxy) is 1. The molecule has 0 aliphatic heterocycles. The molecule has 6 heteroatoms. The molecular weight excluding hydrogens is 238 g/mol. The van der Waals surface area contributed by atoms with Gasteiger partial charge in [0.05, 0.1) is 6.61 Å². The van der Waals surface area contributed by atoms with Gasteiger partial charge in [-0.3, -0.25) is 9.79 Å². The van der Waals surface area contributed by atoms with Crippen LogP contribution in [0.2, 0.25) is 0 Å². The van der Waals surface area contributed by atoms with Gasteiger partial charge in [-0.1, -0.05) is 12.1 Å². The molecule has 1 aromatic carbocycles. The van der Waals surface area contributed by atoms with E-state index in [1.165, 1.54) is 13.1 Å². The Morgan fingerprint density at radius 3 is 2.67 bits per heavy atom.